The van der Waals surface area contributed by atoms with Crippen LogP contribution in [0, 0.1) is 5.82 Å². The molecule has 0 aromatic heterocycles. The van der Waals surface area contributed by atoms with Gasteiger partial charge in [0.1, 0.15) is 5.82 Å². The Labute approximate surface area is 182 Å². The van der Waals surface area contributed by atoms with E-state index in [1.54, 1.807) is 42.5 Å². The molecule has 0 aliphatic carbocycles. The summed E-state index contributed by atoms with van der Waals surface area (Å²) in [6.07, 6.45) is 1.06. The first-order valence-corrected chi connectivity index (χ1v) is 11.7. The first-order chi connectivity index (χ1) is 14.6. The Hall–Kier alpha value is -3.19. The Morgan fingerprint density at radius 1 is 0.968 bits per heavy atom. The maximum absolute atomic E-state index is 14.0. The molecule has 1 amide bonds. The molecule has 3 aromatic rings. The van der Waals surface area contributed by atoms with E-state index in [2.05, 4.69) is 19.2 Å². The molecule has 0 aliphatic heterocycles. The predicted molar refractivity (Wildman–Crippen MR) is 122 cm³/mol. The lowest BCUT2D eigenvalue weighted by Gasteiger charge is -2.23. The minimum Gasteiger partial charge on any atom is -0.322 e. The number of amides is 1. The molecule has 0 aliphatic rings. The lowest BCUT2D eigenvalue weighted by molar-refractivity contribution is 0.102. The molecular weight excluding hydrogens is 415 g/mol. The molecule has 3 rings (SSSR count). The van der Waals surface area contributed by atoms with Crippen LogP contribution in [-0.4, -0.2) is 20.6 Å². The Balaban J connectivity index is 1.78. The fourth-order valence-electron chi connectivity index (χ4n) is 3.12. The molecule has 0 heterocycles. The van der Waals surface area contributed by atoms with Gasteiger partial charge in [-0.15, -0.1) is 0 Å². The van der Waals surface area contributed by atoms with E-state index < -0.39 is 15.8 Å². The summed E-state index contributed by atoms with van der Waals surface area (Å²) in [7, 11) is -3.66. The van der Waals surface area contributed by atoms with Crippen LogP contribution in [0.25, 0.3) is 0 Å². The fraction of sp³-hybridized carbons (Fsp3) is 0.208. The van der Waals surface area contributed by atoms with Crippen LogP contribution in [0.2, 0.25) is 0 Å². The van der Waals surface area contributed by atoms with Gasteiger partial charge in [0, 0.05) is 16.8 Å². The topological polar surface area (TPSA) is 66.5 Å². The number of nitrogens with zero attached hydrogens (tertiary/aromatic N) is 1. The standard InChI is InChI=1S/C24H25FN2O3S/c1-17(2)18-8-12-21(13-9-18)26-24(28)19-10-14-22(15-11-19)27(31(3,29)30)16-20-6-4-5-7-23(20)25/h4-15,17H,16H2,1-3H3,(H,26,28). The van der Waals surface area contributed by atoms with Crippen molar-refractivity contribution in [1.29, 1.82) is 0 Å². The number of sulfonamides is 1. The Morgan fingerprint density at radius 3 is 2.13 bits per heavy atom. The van der Waals surface area contributed by atoms with Crippen molar-refractivity contribution in [2.75, 3.05) is 15.9 Å². The normalized spacial score (nSPS) is 11.4. The van der Waals surface area contributed by atoms with Crippen molar-refractivity contribution >= 4 is 27.3 Å². The van der Waals surface area contributed by atoms with E-state index in [0.717, 1.165) is 10.6 Å². The highest BCUT2D eigenvalue weighted by Gasteiger charge is 2.20. The molecule has 0 saturated heterocycles. The van der Waals surface area contributed by atoms with Crippen LogP contribution in [0.15, 0.2) is 72.8 Å². The molecule has 7 heteroatoms. The number of carbonyl (C=O) groups is 1. The van der Waals surface area contributed by atoms with Crippen molar-refractivity contribution in [2.45, 2.75) is 26.3 Å². The minimum absolute atomic E-state index is 0.140. The van der Waals surface area contributed by atoms with Gasteiger partial charge in [0.15, 0.2) is 0 Å². The zero-order valence-electron chi connectivity index (χ0n) is 17.7. The number of hydrogen-bond donors (Lipinski definition) is 1. The van der Waals surface area contributed by atoms with Gasteiger partial charge in [-0.05, 0) is 53.9 Å². The smallest absolute Gasteiger partial charge is 0.255 e. The highest BCUT2D eigenvalue weighted by atomic mass is 32.2. The van der Waals surface area contributed by atoms with Crippen LogP contribution < -0.4 is 9.62 Å². The molecule has 0 spiro atoms. The molecule has 0 saturated carbocycles. The third kappa shape index (κ3) is 5.70. The minimum atomic E-state index is -3.66. The van der Waals surface area contributed by atoms with Crippen LogP contribution in [0.4, 0.5) is 15.8 Å². The van der Waals surface area contributed by atoms with Crippen molar-refractivity contribution in [3.63, 3.8) is 0 Å². The second kappa shape index (κ2) is 9.31. The van der Waals surface area contributed by atoms with Gasteiger partial charge < -0.3 is 5.32 Å². The van der Waals surface area contributed by atoms with Gasteiger partial charge in [-0.2, -0.15) is 0 Å². The number of halogens is 1. The predicted octanol–water partition coefficient (Wildman–Crippen LogP) is 5.17. The molecule has 0 fully saturated rings. The Morgan fingerprint density at radius 2 is 1.58 bits per heavy atom. The first kappa shape index (κ1) is 22.5. The highest BCUT2D eigenvalue weighted by Crippen LogP contribution is 2.23. The summed E-state index contributed by atoms with van der Waals surface area (Å²) < 4.78 is 39.7. The summed E-state index contributed by atoms with van der Waals surface area (Å²) in [6, 6.07) is 19.8. The van der Waals surface area contributed by atoms with Gasteiger partial charge in [0.25, 0.3) is 5.91 Å². The van der Waals surface area contributed by atoms with Crippen LogP contribution >= 0.6 is 0 Å². The van der Waals surface area contributed by atoms with Gasteiger partial charge in [-0.1, -0.05) is 44.2 Å². The number of benzene rings is 3. The second-order valence-corrected chi connectivity index (χ2v) is 9.55. The Kier molecular flexibility index (Phi) is 6.75. The van der Waals surface area contributed by atoms with Gasteiger partial charge in [0.2, 0.25) is 10.0 Å². The van der Waals surface area contributed by atoms with E-state index in [1.165, 1.54) is 11.6 Å². The number of rotatable bonds is 7. The summed E-state index contributed by atoms with van der Waals surface area (Å²) >= 11 is 0. The average molecular weight is 441 g/mol. The van der Waals surface area contributed by atoms with Crippen molar-refractivity contribution in [3.05, 3.63) is 95.3 Å². The molecular formula is C24H25FN2O3S. The second-order valence-electron chi connectivity index (χ2n) is 7.64. The zero-order valence-corrected chi connectivity index (χ0v) is 18.5. The zero-order chi connectivity index (χ0) is 22.6. The summed E-state index contributed by atoms with van der Waals surface area (Å²) in [6.45, 7) is 4.06. The molecule has 3 aromatic carbocycles. The fourth-order valence-corrected chi connectivity index (χ4v) is 3.99. The van der Waals surface area contributed by atoms with E-state index in [4.69, 9.17) is 0 Å². The van der Waals surface area contributed by atoms with Gasteiger partial charge in [-0.25, -0.2) is 12.8 Å². The molecule has 162 valence electrons. The van der Waals surface area contributed by atoms with Gasteiger partial charge in [0.05, 0.1) is 18.5 Å². The quantitative estimate of drug-likeness (QED) is 0.551. The lowest BCUT2D eigenvalue weighted by atomic mass is 10.0. The molecule has 5 nitrogen and oxygen atoms in total. The van der Waals surface area contributed by atoms with Crippen molar-refractivity contribution < 1.29 is 17.6 Å². The third-order valence-corrected chi connectivity index (χ3v) is 6.07. The molecule has 0 unspecified atom stereocenters. The number of nitrogens with one attached hydrogen (secondary N) is 1. The van der Waals surface area contributed by atoms with E-state index in [-0.39, 0.29) is 18.0 Å². The summed E-state index contributed by atoms with van der Waals surface area (Å²) in [5, 5.41) is 2.83. The summed E-state index contributed by atoms with van der Waals surface area (Å²) in [5.74, 6) is -0.376. The molecule has 0 radical (unpaired) electrons. The molecule has 1 N–H and O–H groups in total. The SMILES string of the molecule is CC(C)c1ccc(NC(=O)c2ccc(N(Cc3ccccc3F)S(C)(=O)=O)cc2)cc1. The first-order valence-electron chi connectivity index (χ1n) is 9.87. The molecule has 31 heavy (non-hydrogen) atoms. The van der Waals surface area contributed by atoms with E-state index >= 15 is 0 Å². The van der Waals surface area contributed by atoms with Crippen LogP contribution in [0.5, 0.6) is 0 Å². The molecule has 0 bridgehead atoms. The van der Waals surface area contributed by atoms with E-state index in [9.17, 15) is 17.6 Å². The highest BCUT2D eigenvalue weighted by molar-refractivity contribution is 7.92. The van der Waals surface area contributed by atoms with Crippen molar-refractivity contribution in [3.8, 4) is 0 Å². The maximum atomic E-state index is 14.0. The van der Waals surface area contributed by atoms with E-state index in [1.807, 2.05) is 24.3 Å². The Bertz CT molecular complexity index is 1160. The largest absolute Gasteiger partial charge is 0.322 e. The van der Waals surface area contributed by atoms with Gasteiger partial charge >= 0.3 is 0 Å². The van der Waals surface area contributed by atoms with Crippen LogP contribution in [-0.2, 0) is 16.6 Å². The third-order valence-electron chi connectivity index (χ3n) is 4.92. The van der Waals surface area contributed by atoms with E-state index in [0.29, 0.717) is 22.9 Å². The average Bonchev–Trinajstić information content (AvgIpc) is 2.73. The van der Waals surface area contributed by atoms with Crippen LogP contribution in [0.3, 0.4) is 0 Å². The van der Waals surface area contributed by atoms with Crippen molar-refractivity contribution in [2.24, 2.45) is 0 Å². The number of carbonyl (C=O) groups excluding carboxylic acids is 1. The van der Waals surface area contributed by atoms with Crippen LogP contribution in [0.1, 0.15) is 41.3 Å². The number of anilines is 2. The summed E-state index contributed by atoms with van der Waals surface area (Å²) in [4.78, 5) is 12.6. The monoisotopic (exact) mass is 440 g/mol. The summed E-state index contributed by atoms with van der Waals surface area (Å²) in [5.41, 5.74) is 2.85. The lowest BCUT2D eigenvalue weighted by Crippen LogP contribution is -2.29. The maximum Gasteiger partial charge on any atom is 0.255 e. The van der Waals surface area contributed by atoms with Crippen molar-refractivity contribution in [1.82, 2.24) is 0 Å². The number of hydrogen-bond acceptors (Lipinski definition) is 3. The van der Waals surface area contributed by atoms with Gasteiger partial charge in [-0.3, -0.25) is 9.10 Å². The molecule has 0 atom stereocenters.